The summed E-state index contributed by atoms with van der Waals surface area (Å²) in [5.41, 5.74) is 1.11. The van der Waals surface area contributed by atoms with E-state index in [2.05, 4.69) is 25.7 Å². The van der Waals surface area contributed by atoms with Crippen LogP contribution in [-0.2, 0) is 21.3 Å². The van der Waals surface area contributed by atoms with Gasteiger partial charge in [-0.05, 0) is 64.2 Å². The van der Waals surface area contributed by atoms with Crippen LogP contribution in [0.4, 0.5) is 15.3 Å². The van der Waals surface area contributed by atoms with E-state index in [0.29, 0.717) is 17.8 Å². The van der Waals surface area contributed by atoms with Crippen molar-refractivity contribution in [2.75, 3.05) is 12.4 Å². The molecule has 1 saturated carbocycles. The van der Waals surface area contributed by atoms with E-state index in [4.69, 9.17) is 4.74 Å². The minimum atomic E-state index is -3.94. The average Bonchev–Trinajstić information content (AvgIpc) is 3.42. The van der Waals surface area contributed by atoms with E-state index in [1.54, 1.807) is 39.1 Å². The van der Waals surface area contributed by atoms with E-state index in [1.807, 2.05) is 30.3 Å². The zero-order chi connectivity index (χ0) is 29.6. The molecule has 3 aromatic rings. The maximum atomic E-state index is 13.5. The van der Waals surface area contributed by atoms with Gasteiger partial charge in [0.2, 0.25) is 10.0 Å². The summed E-state index contributed by atoms with van der Waals surface area (Å²) in [6, 6.07) is 14.0. The van der Waals surface area contributed by atoms with Crippen LogP contribution >= 0.6 is 11.3 Å². The summed E-state index contributed by atoms with van der Waals surface area (Å²) in [6.07, 6.45) is 4.64. The van der Waals surface area contributed by atoms with Crippen molar-refractivity contribution in [3.05, 3.63) is 65.3 Å². The highest BCUT2D eigenvalue weighted by Crippen LogP contribution is 2.40. The maximum Gasteiger partial charge on any atom is 0.407 e. The first kappa shape index (κ1) is 30.5. The molecule has 0 bridgehead atoms. The predicted octanol–water partition coefficient (Wildman–Crippen LogP) is 5.59. The van der Waals surface area contributed by atoms with Crippen molar-refractivity contribution in [3.63, 3.8) is 0 Å². The molecule has 220 valence electrons. The van der Waals surface area contributed by atoms with Crippen molar-refractivity contribution >= 4 is 39.2 Å². The normalized spacial score (nSPS) is 17.5. The van der Waals surface area contributed by atoms with Crippen molar-refractivity contribution in [1.29, 1.82) is 0 Å². The summed E-state index contributed by atoms with van der Waals surface area (Å²) in [6.45, 7) is 5.67. The van der Waals surface area contributed by atoms with Crippen LogP contribution in [0, 0.1) is 0 Å². The number of hydrogen-bond acceptors (Lipinski definition) is 7. The van der Waals surface area contributed by atoms with Crippen LogP contribution in [0.1, 0.15) is 62.9 Å². The van der Waals surface area contributed by atoms with Gasteiger partial charge in [-0.3, -0.25) is 0 Å². The van der Waals surface area contributed by atoms with E-state index in [-0.39, 0.29) is 16.9 Å². The molecule has 4 rings (SSSR count). The Morgan fingerprint density at radius 3 is 2.41 bits per heavy atom. The van der Waals surface area contributed by atoms with Crippen LogP contribution in [0.3, 0.4) is 0 Å². The lowest BCUT2D eigenvalue weighted by Crippen LogP contribution is -2.40. The number of nitrogens with one attached hydrogen (secondary N) is 4. The van der Waals surface area contributed by atoms with Gasteiger partial charge >= 0.3 is 12.1 Å². The van der Waals surface area contributed by atoms with Crippen molar-refractivity contribution in [3.8, 4) is 10.4 Å². The Morgan fingerprint density at radius 2 is 1.76 bits per heavy atom. The van der Waals surface area contributed by atoms with E-state index in [9.17, 15) is 18.0 Å². The molecule has 2 aromatic carbocycles. The van der Waals surface area contributed by atoms with Crippen LogP contribution in [-0.4, -0.2) is 44.2 Å². The lowest BCUT2D eigenvalue weighted by Gasteiger charge is -2.27. The van der Waals surface area contributed by atoms with Crippen molar-refractivity contribution < 1.29 is 22.7 Å². The standard InChI is InChI=1S/C29H37N5O5S2/c1-29(2,3)34-41(37,38)25-16-22(32-27(35)31-17-19-8-6-5-7-9-19)14-15-23(25)24-18-30-26(40-24)20-10-12-21(13-11-20)33-28(36)39-4/h5-9,14-16,18,20-21,34H,10-13,17H2,1-4H3,(H,33,36)(H2,31,32,35). The van der Waals surface area contributed by atoms with Crippen molar-refractivity contribution in [2.24, 2.45) is 0 Å². The Bertz CT molecular complexity index is 1460. The smallest absolute Gasteiger partial charge is 0.407 e. The number of thiazole rings is 1. The molecule has 0 atom stereocenters. The number of ether oxygens (including phenoxy) is 1. The molecule has 1 fully saturated rings. The van der Waals surface area contributed by atoms with Crippen molar-refractivity contribution in [2.45, 2.75) is 75.4 Å². The first-order chi connectivity index (χ1) is 19.4. The quantitative estimate of drug-likeness (QED) is 0.266. The first-order valence-electron chi connectivity index (χ1n) is 13.5. The predicted molar refractivity (Wildman–Crippen MR) is 160 cm³/mol. The van der Waals surface area contributed by atoms with Gasteiger partial charge in [0, 0.05) is 41.5 Å². The summed E-state index contributed by atoms with van der Waals surface area (Å²) < 4.78 is 34.5. The van der Waals surface area contributed by atoms with Gasteiger partial charge < -0.3 is 20.7 Å². The third-order valence-electron chi connectivity index (χ3n) is 6.64. The SMILES string of the molecule is COC(=O)NC1CCC(c2ncc(-c3ccc(NC(=O)NCc4ccccc4)cc3S(=O)(=O)NC(C)(C)C)s2)CC1. The molecule has 1 aliphatic rings. The zero-order valence-electron chi connectivity index (χ0n) is 23.7. The van der Waals surface area contributed by atoms with E-state index in [1.165, 1.54) is 24.5 Å². The fourth-order valence-corrected chi connectivity index (χ4v) is 7.61. The molecule has 0 unspecified atom stereocenters. The molecule has 12 heteroatoms. The topological polar surface area (TPSA) is 139 Å². The molecule has 10 nitrogen and oxygen atoms in total. The molecular weight excluding hydrogens is 562 g/mol. The molecule has 1 aromatic heterocycles. The van der Waals surface area contributed by atoms with E-state index < -0.39 is 27.7 Å². The minimum Gasteiger partial charge on any atom is -0.453 e. The van der Waals surface area contributed by atoms with Gasteiger partial charge in [0.25, 0.3) is 0 Å². The van der Waals surface area contributed by atoms with Crippen LogP contribution in [0.25, 0.3) is 10.4 Å². The highest BCUT2D eigenvalue weighted by Gasteiger charge is 2.29. The molecule has 4 N–H and O–H groups in total. The van der Waals surface area contributed by atoms with Gasteiger partial charge in [-0.15, -0.1) is 11.3 Å². The highest BCUT2D eigenvalue weighted by atomic mass is 32.2. The Balaban J connectivity index is 1.54. The van der Waals surface area contributed by atoms with Crippen LogP contribution in [0.5, 0.6) is 0 Å². The van der Waals surface area contributed by atoms with Gasteiger partial charge in [0.1, 0.15) is 0 Å². The molecular formula is C29H37N5O5S2. The average molecular weight is 600 g/mol. The van der Waals surface area contributed by atoms with E-state index in [0.717, 1.165) is 41.1 Å². The summed E-state index contributed by atoms with van der Waals surface area (Å²) in [5.74, 6) is 0.228. The fourth-order valence-electron chi connectivity index (χ4n) is 4.75. The molecule has 1 aliphatic carbocycles. The van der Waals surface area contributed by atoms with Gasteiger partial charge in [0.05, 0.1) is 21.9 Å². The molecule has 0 spiro atoms. The number of alkyl carbamates (subject to hydrolysis) is 1. The highest BCUT2D eigenvalue weighted by molar-refractivity contribution is 7.89. The summed E-state index contributed by atoms with van der Waals surface area (Å²) >= 11 is 1.47. The number of urea groups is 1. The van der Waals surface area contributed by atoms with Crippen LogP contribution in [0.15, 0.2) is 59.6 Å². The number of sulfonamides is 1. The summed E-state index contributed by atoms with van der Waals surface area (Å²) in [5, 5.41) is 9.34. The third kappa shape index (κ3) is 8.51. The monoisotopic (exact) mass is 599 g/mol. The molecule has 41 heavy (non-hydrogen) atoms. The number of aromatic nitrogens is 1. The Labute approximate surface area is 245 Å². The lowest BCUT2D eigenvalue weighted by atomic mass is 9.86. The Morgan fingerprint density at radius 1 is 1.05 bits per heavy atom. The Hall–Kier alpha value is -3.48. The zero-order valence-corrected chi connectivity index (χ0v) is 25.3. The largest absolute Gasteiger partial charge is 0.453 e. The molecule has 0 aliphatic heterocycles. The number of benzene rings is 2. The van der Waals surface area contributed by atoms with Crippen molar-refractivity contribution in [1.82, 2.24) is 20.3 Å². The van der Waals surface area contributed by atoms with E-state index >= 15 is 0 Å². The molecule has 0 radical (unpaired) electrons. The van der Waals surface area contributed by atoms with Gasteiger partial charge in [-0.2, -0.15) is 0 Å². The minimum absolute atomic E-state index is 0.0643. The van der Waals surface area contributed by atoms with Gasteiger partial charge in [-0.1, -0.05) is 36.4 Å². The fraction of sp³-hybridized carbons (Fsp3) is 0.414. The molecule has 1 heterocycles. The number of anilines is 1. The number of nitrogens with zero attached hydrogens (tertiary/aromatic N) is 1. The first-order valence-corrected chi connectivity index (χ1v) is 15.8. The van der Waals surface area contributed by atoms with Gasteiger partial charge in [0.15, 0.2) is 0 Å². The number of carbonyl (C=O) groups is 2. The second-order valence-electron chi connectivity index (χ2n) is 11.1. The lowest BCUT2D eigenvalue weighted by molar-refractivity contribution is 0.162. The second kappa shape index (κ2) is 13.0. The summed E-state index contributed by atoms with van der Waals surface area (Å²) in [7, 11) is -2.59. The van der Waals surface area contributed by atoms with Crippen LogP contribution in [0.2, 0.25) is 0 Å². The second-order valence-corrected chi connectivity index (χ2v) is 13.8. The molecule has 3 amide bonds. The maximum absolute atomic E-state index is 13.5. The third-order valence-corrected chi connectivity index (χ3v) is 9.63. The Kier molecular flexibility index (Phi) is 9.67. The number of hydrogen-bond donors (Lipinski definition) is 4. The molecule has 0 saturated heterocycles. The number of rotatable bonds is 8. The number of methoxy groups -OCH3 is 1. The summed E-state index contributed by atoms with van der Waals surface area (Å²) in [4.78, 5) is 29.6. The number of amides is 3. The van der Waals surface area contributed by atoms with Crippen LogP contribution < -0.4 is 20.7 Å². The van der Waals surface area contributed by atoms with Gasteiger partial charge in [-0.25, -0.2) is 27.7 Å². The number of carbonyl (C=O) groups excluding carboxylic acids is 2.